The van der Waals surface area contributed by atoms with Gasteiger partial charge < -0.3 is 9.50 Å². The maximum absolute atomic E-state index is 11.9. The Hall–Kier alpha value is -1.61. The van der Waals surface area contributed by atoms with Crippen LogP contribution < -0.4 is 9.50 Å². The summed E-state index contributed by atoms with van der Waals surface area (Å²) >= 11 is 0. The van der Waals surface area contributed by atoms with Gasteiger partial charge in [-0.05, 0) is 13.8 Å². The van der Waals surface area contributed by atoms with Gasteiger partial charge in [0.25, 0.3) is 11.8 Å². The maximum atomic E-state index is 11.9. The molecule has 0 aliphatic rings. The summed E-state index contributed by atoms with van der Waals surface area (Å²) in [4.78, 5) is 11.9. The second kappa shape index (κ2) is 5.57. The number of aryl methyl sites for hydroxylation is 1. The first-order valence-electron chi connectivity index (χ1n) is 5.60. The fraction of sp³-hybridized carbons (Fsp3) is 0.600. The molecule has 0 spiro atoms. The SMILES string of the molecule is CC(C)NC(=O)c1cn(C)nc1OS(=O)(=O)N(C)C. The Morgan fingerprint density at radius 1 is 1.47 bits per heavy atom. The van der Waals surface area contributed by atoms with E-state index in [-0.39, 0.29) is 17.5 Å². The van der Waals surface area contributed by atoms with Gasteiger partial charge >= 0.3 is 10.3 Å². The van der Waals surface area contributed by atoms with Crippen LogP contribution in [0.1, 0.15) is 24.2 Å². The first-order chi connectivity index (χ1) is 8.63. The van der Waals surface area contributed by atoms with E-state index in [4.69, 9.17) is 4.18 Å². The Kier molecular flexibility index (Phi) is 4.53. The second-order valence-electron chi connectivity index (χ2n) is 4.47. The minimum atomic E-state index is -3.94. The van der Waals surface area contributed by atoms with Gasteiger partial charge in [-0.1, -0.05) is 0 Å². The quantitative estimate of drug-likeness (QED) is 0.806. The number of nitrogens with one attached hydrogen (secondary N) is 1. The Morgan fingerprint density at radius 3 is 2.53 bits per heavy atom. The van der Waals surface area contributed by atoms with Crippen LogP contribution in [-0.2, 0) is 17.4 Å². The summed E-state index contributed by atoms with van der Waals surface area (Å²) in [7, 11) is 0.277. The van der Waals surface area contributed by atoms with Gasteiger partial charge in [0.15, 0.2) is 0 Å². The number of amides is 1. The number of rotatable bonds is 5. The molecular formula is C10H18N4O4S. The molecular weight excluding hydrogens is 272 g/mol. The van der Waals surface area contributed by atoms with Crippen LogP contribution in [0.4, 0.5) is 0 Å². The smallest absolute Gasteiger partial charge is 0.350 e. The number of nitrogens with zero attached hydrogens (tertiary/aromatic N) is 3. The van der Waals surface area contributed by atoms with Crippen LogP contribution in [0, 0.1) is 0 Å². The average molecular weight is 290 g/mol. The predicted octanol–water partition coefficient (Wildman–Crippen LogP) is -0.256. The van der Waals surface area contributed by atoms with Crippen LogP contribution >= 0.6 is 0 Å². The number of carbonyl (C=O) groups excluding carboxylic acids is 1. The highest BCUT2D eigenvalue weighted by atomic mass is 32.2. The van der Waals surface area contributed by atoms with Gasteiger partial charge in [-0.15, -0.1) is 5.10 Å². The van der Waals surface area contributed by atoms with Gasteiger partial charge in [0.05, 0.1) is 0 Å². The molecule has 0 radical (unpaired) electrons. The van der Waals surface area contributed by atoms with E-state index >= 15 is 0 Å². The van der Waals surface area contributed by atoms with Crippen molar-refractivity contribution in [2.45, 2.75) is 19.9 Å². The summed E-state index contributed by atoms with van der Waals surface area (Å²) in [5.74, 6) is -0.679. The van der Waals surface area contributed by atoms with Gasteiger partial charge in [0.2, 0.25) is 0 Å². The third kappa shape index (κ3) is 3.93. The van der Waals surface area contributed by atoms with Crippen molar-refractivity contribution in [3.05, 3.63) is 11.8 Å². The molecule has 0 aliphatic carbocycles. The Labute approximate surface area is 112 Å². The largest absolute Gasteiger partial charge is 0.386 e. The Bertz CT molecular complexity index is 562. The standard InChI is InChI=1S/C10H18N4O4S/c1-7(2)11-9(15)8-6-14(5)12-10(8)18-19(16,17)13(3)4/h6-7H,1-5H3,(H,11,15). The molecule has 108 valence electrons. The lowest BCUT2D eigenvalue weighted by Crippen LogP contribution is -2.31. The van der Waals surface area contributed by atoms with Crippen molar-refractivity contribution < 1.29 is 17.4 Å². The van der Waals surface area contributed by atoms with Crippen LogP contribution in [-0.4, -0.2) is 48.5 Å². The molecule has 1 heterocycles. The minimum absolute atomic E-state index is 0.0709. The minimum Gasteiger partial charge on any atom is -0.350 e. The summed E-state index contributed by atoms with van der Waals surface area (Å²) < 4.78 is 30.3. The molecule has 0 saturated heterocycles. The normalized spacial score (nSPS) is 11.9. The average Bonchev–Trinajstić information content (AvgIpc) is 2.57. The van der Waals surface area contributed by atoms with E-state index in [1.165, 1.54) is 25.0 Å². The van der Waals surface area contributed by atoms with Crippen molar-refractivity contribution in [2.24, 2.45) is 7.05 Å². The summed E-state index contributed by atoms with van der Waals surface area (Å²) in [6, 6.07) is -0.0778. The third-order valence-electron chi connectivity index (χ3n) is 2.09. The lowest BCUT2D eigenvalue weighted by molar-refractivity contribution is 0.0941. The van der Waals surface area contributed by atoms with E-state index in [0.717, 1.165) is 4.31 Å². The van der Waals surface area contributed by atoms with E-state index in [0.29, 0.717) is 0 Å². The number of hydrogen-bond donors (Lipinski definition) is 1. The molecule has 9 heteroatoms. The van der Waals surface area contributed by atoms with Gasteiger partial charge in [-0.2, -0.15) is 12.7 Å². The summed E-state index contributed by atoms with van der Waals surface area (Å²) in [5, 5.41) is 6.48. The first-order valence-corrected chi connectivity index (χ1v) is 6.96. The highest BCUT2D eigenvalue weighted by molar-refractivity contribution is 7.84. The van der Waals surface area contributed by atoms with Gasteiger partial charge in [-0.25, -0.2) is 0 Å². The molecule has 0 aliphatic heterocycles. The molecule has 1 rings (SSSR count). The summed E-state index contributed by atoms with van der Waals surface area (Å²) in [5.41, 5.74) is 0.0709. The van der Waals surface area contributed by atoms with E-state index < -0.39 is 16.2 Å². The van der Waals surface area contributed by atoms with Crippen molar-refractivity contribution in [1.82, 2.24) is 19.4 Å². The molecule has 0 saturated carbocycles. The molecule has 0 fully saturated rings. The van der Waals surface area contributed by atoms with E-state index in [1.807, 2.05) is 0 Å². The zero-order chi connectivity index (χ0) is 14.8. The molecule has 1 aromatic rings. The van der Waals surface area contributed by atoms with Crippen molar-refractivity contribution in [3.63, 3.8) is 0 Å². The maximum Gasteiger partial charge on any atom is 0.386 e. The third-order valence-corrected chi connectivity index (χ3v) is 3.35. The topological polar surface area (TPSA) is 93.5 Å². The second-order valence-corrected chi connectivity index (χ2v) is 6.23. The number of carbonyl (C=O) groups is 1. The van der Waals surface area contributed by atoms with Crippen LogP contribution in [0.5, 0.6) is 5.88 Å². The Morgan fingerprint density at radius 2 is 2.05 bits per heavy atom. The molecule has 1 aromatic heterocycles. The fourth-order valence-corrected chi connectivity index (χ4v) is 1.67. The highest BCUT2D eigenvalue weighted by Crippen LogP contribution is 2.18. The summed E-state index contributed by atoms with van der Waals surface area (Å²) in [6.07, 6.45) is 1.40. The van der Waals surface area contributed by atoms with Crippen molar-refractivity contribution in [1.29, 1.82) is 0 Å². The van der Waals surface area contributed by atoms with E-state index in [1.54, 1.807) is 20.9 Å². The van der Waals surface area contributed by atoms with E-state index in [9.17, 15) is 13.2 Å². The van der Waals surface area contributed by atoms with E-state index in [2.05, 4.69) is 10.4 Å². The lowest BCUT2D eigenvalue weighted by Gasteiger charge is -2.11. The van der Waals surface area contributed by atoms with Crippen LogP contribution in [0.15, 0.2) is 6.20 Å². The molecule has 8 nitrogen and oxygen atoms in total. The van der Waals surface area contributed by atoms with Crippen molar-refractivity contribution in [2.75, 3.05) is 14.1 Å². The lowest BCUT2D eigenvalue weighted by atomic mass is 10.3. The first kappa shape index (κ1) is 15.4. The zero-order valence-corrected chi connectivity index (χ0v) is 12.4. The van der Waals surface area contributed by atoms with Crippen molar-refractivity contribution >= 4 is 16.2 Å². The van der Waals surface area contributed by atoms with Crippen LogP contribution in [0.3, 0.4) is 0 Å². The molecule has 0 atom stereocenters. The monoisotopic (exact) mass is 290 g/mol. The highest BCUT2D eigenvalue weighted by Gasteiger charge is 2.24. The Balaban J connectivity index is 3.06. The molecule has 1 N–H and O–H groups in total. The molecule has 0 aromatic carbocycles. The molecule has 0 unspecified atom stereocenters. The zero-order valence-electron chi connectivity index (χ0n) is 11.5. The van der Waals surface area contributed by atoms with Crippen LogP contribution in [0.25, 0.3) is 0 Å². The van der Waals surface area contributed by atoms with Gasteiger partial charge in [0.1, 0.15) is 5.56 Å². The van der Waals surface area contributed by atoms with Gasteiger partial charge in [-0.3, -0.25) is 9.48 Å². The predicted molar refractivity (Wildman–Crippen MR) is 69.0 cm³/mol. The molecule has 1 amide bonds. The van der Waals surface area contributed by atoms with Crippen molar-refractivity contribution in [3.8, 4) is 5.88 Å². The number of aromatic nitrogens is 2. The van der Waals surface area contributed by atoms with Crippen LogP contribution in [0.2, 0.25) is 0 Å². The molecule has 19 heavy (non-hydrogen) atoms. The fourth-order valence-electron chi connectivity index (χ4n) is 1.20. The molecule has 0 bridgehead atoms. The van der Waals surface area contributed by atoms with Gasteiger partial charge in [0, 0.05) is 33.4 Å². The summed E-state index contributed by atoms with van der Waals surface area (Å²) in [6.45, 7) is 3.59. The number of hydrogen-bond acceptors (Lipinski definition) is 5.